The predicted octanol–water partition coefficient (Wildman–Crippen LogP) is 5.16. The Morgan fingerprint density at radius 2 is 1.57 bits per heavy atom. The molecule has 0 bridgehead atoms. The number of carbonyl (C=O) groups is 1. The van der Waals surface area contributed by atoms with Crippen LogP contribution in [-0.4, -0.2) is 36.3 Å². The number of methoxy groups -OCH3 is 1. The van der Waals surface area contributed by atoms with E-state index in [2.05, 4.69) is 0 Å². The van der Waals surface area contributed by atoms with Gasteiger partial charge in [-0.2, -0.15) is 0 Å². The van der Waals surface area contributed by atoms with Gasteiger partial charge in [0.1, 0.15) is 19.0 Å². The summed E-state index contributed by atoms with van der Waals surface area (Å²) in [6, 6.07) is 19.5. The van der Waals surface area contributed by atoms with Crippen molar-refractivity contribution in [3.8, 4) is 23.0 Å². The quantitative estimate of drug-likeness (QED) is 0.155. The predicted molar refractivity (Wildman–Crippen MR) is 131 cm³/mol. The molecular weight excluding hydrogens is 444 g/mol. The minimum atomic E-state index is -0.321. The van der Waals surface area contributed by atoms with Crippen molar-refractivity contribution in [2.75, 3.05) is 20.3 Å². The minimum Gasteiger partial charge on any atom is -0.493 e. The Labute approximate surface area is 200 Å². The van der Waals surface area contributed by atoms with E-state index in [0.29, 0.717) is 36.2 Å². The lowest BCUT2D eigenvalue weighted by atomic mass is 9.83. The van der Waals surface area contributed by atoms with E-state index in [-0.39, 0.29) is 18.3 Å². The molecular formula is C28H20N2O5. The third-order valence-electron chi connectivity index (χ3n) is 6.68. The summed E-state index contributed by atoms with van der Waals surface area (Å²) in [7, 11) is 1.60. The summed E-state index contributed by atoms with van der Waals surface area (Å²) < 4.78 is 23.2. The van der Waals surface area contributed by atoms with E-state index in [1.54, 1.807) is 7.11 Å². The molecule has 1 aromatic heterocycles. The standard InChI is InChI=1S/C28H20N2O5/c1-32-21-12-15(13-22-28(21)34-11-10-33-22)18-14-23(31)35-27-17-7-3-2-6-16(17)25-26(24(18)27)30-20-9-5-4-8-19(20)29-25/h2-9,12-13,18H,10-11,14H2,1H3. The van der Waals surface area contributed by atoms with Crippen LogP contribution in [0.4, 0.5) is 0 Å². The first kappa shape index (κ1) is 20.0. The van der Waals surface area contributed by atoms with Crippen LogP contribution >= 0.6 is 0 Å². The molecule has 0 spiro atoms. The smallest absolute Gasteiger partial charge is 0.312 e. The molecule has 5 aromatic rings. The summed E-state index contributed by atoms with van der Waals surface area (Å²) in [6.07, 6.45) is 0.164. The Morgan fingerprint density at radius 3 is 2.37 bits per heavy atom. The van der Waals surface area contributed by atoms with E-state index in [1.807, 2.05) is 60.7 Å². The highest BCUT2D eigenvalue weighted by Crippen LogP contribution is 2.50. The van der Waals surface area contributed by atoms with Gasteiger partial charge < -0.3 is 18.9 Å². The SMILES string of the molecule is COc1cc(C2CC(=O)Oc3c2c2nc4ccccc4nc2c2ccccc32)cc2c1OCCO2. The summed E-state index contributed by atoms with van der Waals surface area (Å²) in [6.45, 7) is 0.911. The normalized spacial score (nSPS) is 16.8. The van der Waals surface area contributed by atoms with E-state index in [9.17, 15) is 4.79 Å². The van der Waals surface area contributed by atoms with Crippen molar-refractivity contribution in [2.45, 2.75) is 12.3 Å². The van der Waals surface area contributed by atoms with Crippen LogP contribution < -0.4 is 18.9 Å². The number of hydrogen-bond acceptors (Lipinski definition) is 7. The van der Waals surface area contributed by atoms with Crippen LogP contribution in [0.2, 0.25) is 0 Å². The highest BCUT2D eigenvalue weighted by atomic mass is 16.6. The average molecular weight is 464 g/mol. The lowest BCUT2D eigenvalue weighted by Crippen LogP contribution is -2.23. The Hall–Kier alpha value is -4.39. The number of benzene rings is 4. The first-order valence-electron chi connectivity index (χ1n) is 11.5. The van der Waals surface area contributed by atoms with Gasteiger partial charge in [0.05, 0.1) is 35.6 Å². The zero-order chi connectivity index (χ0) is 23.5. The maximum atomic E-state index is 12.9. The van der Waals surface area contributed by atoms with E-state index >= 15 is 0 Å². The van der Waals surface area contributed by atoms with Crippen molar-refractivity contribution < 1.29 is 23.7 Å². The zero-order valence-electron chi connectivity index (χ0n) is 18.9. The second kappa shape index (κ2) is 7.56. The highest BCUT2D eigenvalue weighted by Gasteiger charge is 2.35. The Bertz CT molecular complexity index is 1660. The van der Waals surface area contributed by atoms with E-state index in [0.717, 1.165) is 44.0 Å². The summed E-state index contributed by atoms with van der Waals surface area (Å²) in [5.41, 5.74) is 4.82. The van der Waals surface area contributed by atoms with E-state index < -0.39 is 0 Å². The van der Waals surface area contributed by atoms with Crippen LogP contribution in [0.3, 0.4) is 0 Å². The van der Waals surface area contributed by atoms with Gasteiger partial charge in [-0.15, -0.1) is 0 Å². The number of esters is 1. The molecule has 2 aliphatic rings. The molecule has 0 saturated heterocycles. The first-order valence-corrected chi connectivity index (χ1v) is 11.5. The van der Waals surface area contributed by atoms with Gasteiger partial charge in [0, 0.05) is 22.3 Å². The van der Waals surface area contributed by atoms with Gasteiger partial charge in [0.2, 0.25) is 5.75 Å². The molecule has 0 aliphatic carbocycles. The zero-order valence-corrected chi connectivity index (χ0v) is 18.9. The van der Waals surface area contributed by atoms with Gasteiger partial charge in [0.15, 0.2) is 11.5 Å². The van der Waals surface area contributed by atoms with Gasteiger partial charge in [0.25, 0.3) is 0 Å². The molecule has 1 unspecified atom stereocenters. The van der Waals surface area contributed by atoms with Gasteiger partial charge in [-0.25, -0.2) is 9.97 Å². The molecule has 35 heavy (non-hydrogen) atoms. The van der Waals surface area contributed by atoms with Crippen molar-refractivity contribution in [1.82, 2.24) is 9.97 Å². The van der Waals surface area contributed by atoms with Crippen molar-refractivity contribution in [3.05, 3.63) is 71.8 Å². The van der Waals surface area contributed by atoms with Crippen LogP contribution in [0, 0.1) is 0 Å². The topological polar surface area (TPSA) is 79.8 Å². The van der Waals surface area contributed by atoms with Gasteiger partial charge >= 0.3 is 5.97 Å². The van der Waals surface area contributed by atoms with Crippen molar-refractivity contribution in [2.24, 2.45) is 0 Å². The molecule has 2 aliphatic heterocycles. The lowest BCUT2D eigenvalue weighted by Gasteiger charge is -2.29. The fraction of sp³-hybridized carbons (Fsp3) is 0.179. The molecule has 0 amide bonds. The monoisotopic (exact) mass is 464 g/mol. The number of aromatic nitrogens is 2. The number of rotatable bonds is 2. The molecule has 0 fully saturated rings. The molecule has 0 radical (unpaired) electrons. The maximum Gasteiger partial charge on any atom is 0.312 e. The Morgan fingerprint density at radius 1 is 0.857 bits per heavy atom. The molecule has 3 heterocycles. The van der Waals surface area contributed by atoms with Gasteiger partial charge in [-0.3, -0.25) is 4.79 Å². The molecule has 0 saturated carbocycles. The number of para-hydroxylation sites is 2. The maximum absolute atomic E-state index is 12.9. The van der Waals surface area contributed by atoms with Crippen molar-refractivity contribution >= 4 is 38.8 Å². The Kier molecular flexibility index (Phi) is 4.33. The minimum absolute atomic E-state index is 0.164. The third-order valence-corrected chi connectivity index (χ3v) is 6.68. The molecule has 7 heteroatoms. The number of ether oxygens (including phenoxy) is 4. The number of nitrogens with zero attached hydrogens (tertiary/aromatic N) is 2. The van der Waals surface area contributed by atoms with Crippen LogP contribution in [0.15, 0.2) is 60.7 Å². The van der Waals surface area contributed by atoms with E-state index in [4.69, 9.17) is 28.9 Å². The van der Waals surface area contributed by atoms with Crippen LogP contribution in [0.5, 0.6) is 23.0 Å². The fourth-order valence-electron chi connectivity index (χ4n) is 5.15. The molecule has 172 valence electrons. The van der Waals surface area contributed by atoms with Crippen molar-refractivity contribution in [3.63, 3.8) is 0 Å². The summed E-state index contributed by atoms with van der Waals surface area (Å²) >= 11 is 0. The summed E-state index contributed by atoms with van der Waals surface area (Å²) in [5.74, 6) is 1.67. The van der Waals surface area contributed by atoms with Crippen LogP contribution in [0.1, 0.15) is 23.5 Å². The number of hydrogen-bond donors (Lipinski definition) is 0. The fourth-order valence-corrected chi connectivity index (χ4v) is 5.15. The second-order valence-corrected chi connectivity index (χ2v) is 8.68. The summed E-state index contributed by atoms with van der Waals surface area (Å²) in [5, 5.41) is 1.73. The average Bonchev–Trinajstić information content (AvgIpc) is 2.91. The van der Waals surface area contributed by atoms with Crippen LogP contribution in [0.25, 0.3) is 32.8 Å². The van der Waals surface area contributed by atoms with Gasteiger partial charge in [-0.05, 0) is 29.8 Å². The lowest BCUT2D eigenvalue weighted by molar-refractivity contribution is -0.135. The summed E-state index contributed by atoms with van der Waals surface area (Å²) in [4.78, 5) is 22.9. The van der Waals surface area contributed by atoms with Crippen molar-refractivity contribution in [1.29, 1.82) is 0 Å². The molecule has 0 N–H and O–H groups in total. The first-order chi connectivity index (χ1) is 17.2. The molecule has 7 rings (SSSR count). The largest absolute Gasteiger partial charge is 0.493 e. The highest BCUT2D eigenvalue weighted by molar-refractivity contribution is 6.12. The molecule has 4 aromatic carbocycles. The number of carbonyl (C=O) groups excluding carboxylic acids is 1. The van der Waals surface area contributed by atoms with Gasteiger partial charge in [-0.1, -0.05) is 36.4 Å². The molecule has 1 atom stereocenters. The number of fused-ring (bicyclic) bond motifs is 8. The Balaban J connectivity index is 1.58. The van der Waals surface area contributed by atoms with Crippen LogP contribution in [-0.2, 0) is 4.79 Å². The second-order valence-electron chi connectivity index (χ2n) is 8.68. The molecule has 7 nitrogen and oxygen atoms in total. The third kappa shape index (κ3) is 3.01. The van der Waals surface area contributed by atoms with E-state index in [1.165, 1.54) is 0 Å².